The van der Waals surface area contributed by atoms with Gasteiger partial charge in [0.1, 0.15) is 12.6 Å². The molecule has 3 aromatic carbocycles. The quantitative estimate of drug-likeness (QED) is 0.240. The zero-order valence-electron chi connectivity index (χ0n) is 23.4. The first kappa shape index (κ1) is 32.9. The molecule has 0 fully saturated rings. The molecule has 0 aliphatic heterocycles. The van der Waals surface area contributed by atoms with Crippen LogP contribution in [0.3, 0.4) is 0 Å². The molecule has 0 aliphatic carbocycles. The van der Waals surface area contributed by atoms with E-state index in [0.717, 1.165) is 26.2 Å². The standard InChI is InChI=1S/C30H34BrCl2N3O4S/c1-5-21(3)34-30(38)28(16-22-9-7-6-8-10-22)35(18-23-11-12-24(32)17-27(23)33)29(37)19-36(41(4,39)40)25-13-14-26(31)20(2)15-25/h6-15,17,21,28H,5,16,18-19H2,1-4H3,(H,34,38). The lowest BCUT2D eigenvalue weighted by Crippen LogP contribution is -2.54. The van der Waals surface area contributed by atoms with Crippen molar-refractivity contribution in [2.24, 2.45) is 0 Å². The van der Waals surface area contributed by atoms with Gasteiger partial charge >= 0.3 is 0 Å². The zero-order valence-corrected chi connectivity index (χ0v) is 27.3. The minimum absolute atomic E-state index is 0.0305. The molecule has 41 heavy (non-hydrogen) atoms. The Labute approximate surface area is 261 Å². The fourth-order valence-electron chi connectivity index (χ4n) is 4.23. The molecule has 2 unspecified atom stereocenters. The molecular formula is C30H34BrCl2N3O4S. The van der Waals surface area contributed by atoms with Crippen molar-refractivity contribution in [1.29, 1.82) is 0 Å². The van der Waals surface area contributed by atoms with Gasteiger partial charge in [0, 0.05) is 33.5 Å². The molecule has 1 N–H and O–H groups in total. The molecule has 2 amide bonds. The zero-order chi connectivity index (χ0) is 30.3. The minimum atomic E-state index is -3.86. The van der Waals surface area contributed by atoms with Crippen molar-refractivity contribution in [3.8, 4) is 0 Å². The van der Waals surface area contributed by atoms with Crippen LogP contribution in [-0.4, -0.2) is 50.0 Å². The summed E-state index contributed by atoms with van der Waals surface area (Å²) >= 11 is 16.1. The van der Waals surface area contributed by atoms with E-state index in [0.29, 0.717) is 27.7 Å². The van der Waals surface area contributed by atoms with E-state index in [1.165, 1.54) is 4.90 Å². The number of amides is 2. The highest BCUT2D eigenvalue weighted by Gasteiger charge is 2.33. The van der Waals surface area contributed by atoms with Gasteiger partial charge in [-0.1, -0.05) is 82.5 Å². The number of rotatable bonds is 12. The molecule has 0 heterocycles. The van der Waals surface area contributed by atoms with Gasteiger partial charge in [-0.15, -0.1) is 0 Å². The van der Waals surface area contributed by atoms with Gasteiger partial charge in [-0.25, -0.2) is 8.42 Å². The summed E-state index contributed by atoms with van der Waals surface area (Å²) in [5.74, 6) is -0.894. The second-order valence-electron chi connectivity index (χ2n) is 9.98. The summed E-state index contributed by atoms with van der Waals surface area (Å²) in [5, 5.41) is 3.76. The number of hydrogen-bond donors (Lipinski definition) is 1. The van der Waals surface area contributed by atoms with Gasteiger partial charge in [0.25, 0.3) is 0 Å². The van der Waals surface area contributed by atoms with E-state index in [1.807, 2.05) is 51.1 Å². The summed E-state index contributed by atoms with van der Waals surface area (Å²) in [6.07, 6.45) is 1.97. The maximum absolute atomic E-state index is 14.2. The Kier molecular flexibility index (Phi) is 11.7. The van der Waals surface area contributed by atoms with Gasteiger partial charge in [-0.2, -0.15) is 0 Å². The molecule has 2 atom stereocenters. The summed E-state index contributed by atoms with van der Waals surface area (Å²) in [6.45, 7) is 5.14. The molecule has 0 spiro atoms. The number of nitrogens with zero attached hydrogens (tertiary/aromatic N) is 2. The largest absolute Gasteiger partial charge is 0.352 e. The maximum atomic E-state index is 14.2. The molecule has 7 nitrogen and oxygen atoms in total. The van der Waals surface area contributed by atoms with Crippen molar-refractivity contribution in [2.75, 3.05) is 17.1 Å². The van der Waals surface area contributed by atoms with Gasteiger partial charge in [0.05, 0.1) is 11.9 Å². The molecule has 3 aromatic rings. The van der Waals surface area contributed by atoms with E-state index in [9.17, 15) is 18.0 Å². The highest BCUT2D eigenvalue weighted by Crippen LogP contribution is 2.27. The van der Waals surface area contributed by atoms with E-state index in [2.05, 4.69) is 21.2 Å². The van der Waals surface area contributed by atoms with Crippen molar-refractivity contribution in [3.63, 3.8) is 0 Å². The number of benzene rings is 3. The monoisotopic (exact) mass is 681 g/mol. The molecular weight excluding hydrogens is 649 g/mol. The predicted octanol–water partition coefficient (Wildman–Crippen LogP) is 6.39. The number of nitrogens with one attached hydrogen (secondary N) is 1. The van der Waals surface area contributed by atoms with E-state index in [-0.39, 0.29) is 24.9 Å². The molecule has 0 radical (unpaired) electrons. The summed E-state index contributed by atoms with van der Waals surface area (Å²) in [7, 11) is -3.86. The Morgan fingerprint density at radius 2 is 1.71 bits per heavy atom. The fourth-order valence-corrected chi connectivity index (χ4v) is 5.78. The van der Waals surface area contributed by atoms with E-state index < -0.39 is 28.5 Å². The molecule has 0 bridgehead atoms. The second kappa shape index (κ2) is 14.5. The van der Waals surface area contributed by atoms with Gasteiger partial charge in [-0.3, -0.25) is 13.9 Å². The minimum Gasteiger partial charge on any atom is -0.352 e. The number of sulfonamides is 1. The maximum Gasteiger partial charge on any atom is 0.244 e. The van der Waals surface area contributed by atoms with Crippen LogP contribution in [-0.2, 0) is 32.6 Å². The first-order valence-electron chi connectivity index (χ1n) is 13.1. The third kappa shape index (κ3) is 9.20. The first-order chi connectivity index (χ1) is 19.3. The highest BCUT2D eigenvalue weighted by atomic mass is 79.9. The van der Waals surface area contributed by atoms with Crippen molar-refractivity contribution in [2.45, 2.75) is 52.2 Å². The van der Waals surface area contributed by atoms with Crippen LogP contribution in [0.1, 0.15) is 37.0 Å². The topological polar surface area (TPSA) is 86.8 Å². The molecule has 11 heteroatoms. The molecule has 0 saturated carbocycles. The first-order valence-corrected chi connectivity index (χ1v) is 16.5. The SMILES string of the molecule is CCC(C)NC(=O)C(Cc1ccccc1)N(Cc1ccc(Cl)cc1Cl)C(=O)CN(c1ccc(Br)c(C)c1)S(C)(=O)=O. The average Bonchev–Trinajstić information content (AvgIpc) is 2.91. The van der Waals surface area contributed by atoms with Crippen LogP contribution in [0.15, 0.2) is 71.2 Å². The lowest BCUT2D eigenvalue weighted by atomic mass is 10.0. The Hall–Kier alpha value is -2.59. The number of carbonyl (C=O) groups is 2. The molecule has 0 aromatic heterocycles. The molecule has 220 valence electrons. The predicted molar refractivity (Wildman–Crippen MR) is 170 cm³/mol. The lowest BCUT2D eigenvalue weighted by Gasteiger charge is -2.34. The highest BCUT2D eigenvalue weighted by molar-refractivity contribution is 9.10. The van der Waals surface area contributed by atoms with Crippen molar-refractivity contribution >= 4 is 66.7 Å². The van der Waals surface area contributed by atoms with Gasteiger partial charge in [0.2, 0.25) is 21.8 Å². The lowest BCUT2D eigenvalue weighted by molar-refractivity contribution is -0.140. The summed E-state index contributed by atoms with van der Waals surface area (Å²) in [4.78, 5) is 29.3. The van der Waals surface area contributed by atoms with Crippen LogP contribution in [0, 0.1) is 6.92 Å². The molecule has 3 rings (SSSR count). The van der Waals surface area contributed by atoms with Crippen LogP contribution in [0.5, 0.6) is 0 Å². The van der Waals surface area contributed by atoms with E-state index in [1.54, 1.807) is 36.4 Å². The number of aryl methyl sites for hydroxylation is 1. The van der Waals surface area contributed by atoms with E-state index in [4.69, 9.17) is 23.2 Å². The summed E-state index contributed by atoms with van der Waals surface area (Å²) < 4.78 is 27.8. The number of carbonyl (C=O) groups excluding carboxylic acids is 2. The van der Waals surface area contributed by atoms with E-state index >= 15 is 0 Å². The summed E-state index contributed by atoms with van der Waals surface area (Å²) in [6, 6.07) is 18.3. The summed E-state index contributed by atoms with van der Waals surface area (Å²) in [5.41, 5.74) is 2.57. The fraction of sp³-hybridized carbons (Fsp3) is 0.333. The van der Waals surface area contributed by atoms with Gasteiger partial charge < -0.3 is 10.2 Å². The average molecular weight is 683 g/mol. The number of anilines is 1. The third-order valence-corrected chi connectivity index (χ3v) is 9.35. The smallest absolute Gasteiger partial charge is 0.244 e. The van der Waals surface area contributed by atoms with Crippen LogP contribution >= 0.6 is 39.1 Å². The number of halogens is 3. The normalized spacial score (nSPS) is 12.9. The van der Waals surface area contributed by atoms with Crippen molar-refractivity contribution in [3.05, 3.63) is 97.9 Å². The Balaban J connectivity index is 2.10. The molecule has 0 aliphatic rings. The van der Waals surface area contributed by atoms with Crippen LogP contribution in [0.25, 0.3) is 0 Å². The van der Waals surface area contributed by atoms with Crippen LogP contribution in [0.2, 0.25) is 10.0 Å². The van der Waals surface area contributed by atoms with Crippen LogP contribution < -0.4 is 9.62 Å². The van der Waals surface area contributed by atoms with Crippen molar-refractivity contribution < 1.29 is 18.0 Å². The Bertz CT molecular complexity index is 1490. The van der Waals surface area contributed by atoms with Crippen LogP contribution in [0.4, 0.5) is 5.69 Å². The van der Waals surface area contributed by atoms with Gasteiger partial charge in [-0.05, 0) is 67.3 Å². The third-order valence-electron chi connectivity index (χ3n) is 6.74. The Morgan fingerprint density at radius 1 is 1.02 bits per heavy atom. The Morgan fingerprint density at radius 3 is 2.29 bits per heavy atom. The number of hydrogen-bond acceptors (Lipinski definition) is 4. The van der Waals surface area contributed by atoms with Gasteiger partial charge in [0.15, 0.2) is 0 Å². The van der Waals surface area contributed by atoms with Crippen molar-refractivity contribution in [1.82, 2.24) is 10.2 Å². The second-order valence-corrected chi connectivity index (χ2v) is 13.6. The molecule has 0 saturated heterocycles.